The van der Waals surface area contributed by atoms with Crippen molar-refractivity contribution in [2.24, 2.45) is 0 Å². The second-order valence-corrected chi connectivity index (χ2v) is 13.0. The molecule has 4 rings (SSSR count). The van der Waals surface area contributed by atoms with E-state index in [1.807, 2.05) is 0 Å². The Labute approximate surface area is 254 Å². The molecule has 1 saturated carbocycles. The van der Waals surface area contributed by atoms with Crippen molar-refractivity contribution >= 4 is 38.1 Å². The topological polar surface area (TPSA) is 125 Å². The van der Waals surface area contributed by atoms with E-state index >= 15 is 0 Å². The number of urea groups is 1. The van der Waals surface area contributed by atoms with Gasteiger partial charge in [-0.1, -0.05) is 12.0 Å². The summed E-state index contributed by atoms with van der Waals surface area (Å²) in [6.07, 6.45) is -1.29. The van der Waals surface area contributed by atoms with Crippen molar-refractivity contribution in [1.29, 1.82) is 0 Å². The number of benzene rings is 2. The Morgan fingerprint density at radius 2 is 1.86 bits per heavy atom. The summed E-state index contributed by atoms with van der Waals surface area (Å²) < 4.78 is 70.7. The van der Waals surface area contributed by atoms with Crippen molar-refractivity contribution in [3.8, 4) is 17.6 Å². The van der Waals surface area contributed by atoms with Crippen LogP contribution in [0.2, 0.25) is 0 Å². The molecular weight excluding hydrogens is 599 g/mol. The zero-order valence-corrected chi connectivity index (χ0v) is 25.7. The zero-order chi connectivity index (χ0) is 32.3. The van der Waals surface area contributed by atoms with E-state index in [1.165, 1.54) is 37.4 Å². The number of ether oxygens (including phenoxy) is 1. The highest BCUT2D eigenvalue weighted by atomic mass is 32.2. The molecule has 0 aliphatic heterocycles. The highest BCUT2D eigenvalue weighted by Crippen LogP contribution is 2.32. The Balaban J connectivity index is 1.53. The SMILES string of the molecule is COc1cc(S(C)(=O)=O)ccc1NCC#Cc1cc2c(NC(=O)N[C@H]3CC[C@@](O)(N(C)C)CC3)cccc2n1CC(F)(F)F. The van der Waals surface area contributed by atoms with Gasteiger partial charge in [-0.2, -0.15) is 13.2 Å². The first-order valence-corrected chi connectivity index (χ1v) is 15.8. The molecule has 0 radical (unpaired) electrons. The van der Waals surface area contributed by atoms with Gasteiger partial charge in [-0.15, -0.1) is 0 Å². The number of nitrogens with one attached hydrogen (secondary N) is 3. The van der Waals surface area contributed by atoms with Crippen LogP contribution in [0.15, 0.2) is 47.4 Å². The fourth-order valence-corrected chi connectivity index (χ4v) is 5.82. The quantitative estimate of drug-likeness (QED) is 0.214. The number of hydrogen-bond acceptors (Lipinski definition) is 7. The van der Waals surface area contributed by atoms with Gasteiger partial charge in [0.2, 0.25) is 0 Å². The maximum absolute atomic E-state index is 13.6. The molecule has 10 nitrogen and oxygen atoms in total. The minimum absolute atomic E-state index is 0.0278. The van der Waals surface area contributed by atoms with Gasteiger partial charge in [0, 0.05) is 23.8 Å². The number of aromatic nitrogens is 1. The first-order valence-electron chi connectivity index (χ1n) is 13.9. The normalized spacial score (nSPS) is 18.9. The summed E-state index contributed by atoms with van der Waals surface area (Å²) in [5, 5.41) is 19.7. The van der Waals surface area contributed by atoms with Gasteiger partial charge in [0.15, 0.2) is 9.84 Å². The maximum atomic E-state index is 13.6. The molecule has 1 aliphatic rings. The average molecular weight is 636 g/mol. The van der Waals surface area contributed by atoms with Gasteiger partial charge in [-0.25, -0.2) is 13.2 Å². The van der Waals surface area contributed by atoms with E-state index in [0.29, 0.717) is 42.4 Å². The third kappa shape index (κ3) is 7.96. The Morgan fingerprint density at radius 3 is 2.48 bits per heavy atom. The third-order valence-electron chi connectivity index (χ3n) is 7.67. The van der Waals surface area contributed by atoms with Crippen molar-refractivity contribution in [1.82, 2.24) is 14.8 Å². The summed E-state index contributed by atoms with van der Waals surface area (Å²) >= 11 is 0. The van der Waals surface area contributed by atoms with E-state index in [1.54, 1.807) is 31.1 Å². The van der Waals surface area contributed by atoms with E-state index in [4.69, 9.17) is 4.74 Å². The molecular formula is C30H36F3N5O5S. The van der Waals surface area contributed by atoms with Crippen LogP contribution in [-0.4, -0.2) is 81.0 Å². The van der Waals surface area contributed by atoms with Gasteiger partial charge >= 0.3 is 12.2 Å². The molecule has 1 aromatic heterocycles. The lowest BCUT2D eigenvalue weighted by Crippen LogP contribution is -2.51. The first-order chi connectivity index (χ1) is 20.6. The van der Waals surface area contributed by atoms with Crippen molar-refractivity contribution in [2.75, 3.05) is 44.6 Å². The van der Waals surface area contributed by atoms with Gasteiger partial charge in [0.1, 0.15) is 18.0 Å². The number of methoxy groups -OCH3 is 1. The number of aliphatic hydroxyl groups is 1. The molecule has 0 saturated heterocycles. The number of amides is 2. The van der Waals surface area contributed by atoms with Crippen LogP contribution in [0.5, 0.6) is 5.75 Å². The van der Waals surface area contributed by atoms with E-state index < -0.39 is 34.3 Å². The van der Waals surface area contributed by atoms with Crippen LogP contribution < -0.4 is 20.7 Å². The number of alkyl halides is 3. The number of carbonyl (C=O) groups excluding carboxylic acids is 1. The number of sulfone groups is 1. The summed E-state index contributed by atoms with van der Waals surface area (Å²) in [4.78, 5) is 14.7. The lowest BCUT2D eigenvalue weighted by Gasteiger charge is -2.40. The highest BCUT2D eigenvalue weighted by Gasteiger charge is 2.35. The molecule has 238 valence electrons. The van der Waals surface area contributed by atoms with Crippen LogP contribution in [0, 0.1) is 11.8 Å². The van der Waals surface area contributed by atoms with Crippen LogP contribution in [0.3, 0.4) is 0 Å². The van der Waals surface area contributed by atoms with Gasteiger partial charge in [0.25, 0.3) is 0 Å². The van der Waals surface area contributed by atoms with Crippen LogP contribution in [-0.2, 0) is 16.4 Å². The monoisotopic (exact) mass is 635 g/mol. The Hall–Kier alpha value is -3.93. The van der Waals surface area contributed by atoms with Gasteiger partial charge in [-0.05, 0) is 76.0 Å². The zero-order valence-electron chi connectivity index (χ0n) is 24.9. The lowest BCUT2D eigenvalue weighted by molar-refractivity contribution is -0.140. The summed E-state index contributed by atoms with van der Waals surface area (Å²) in [5.74, 6) is 5.88. The molecule has 1 heterocycles. The lowest BCUT2D eigenvalue weighted by atomic mass is 9.87. The predicted octanol–water partition coefficient (Wildman–Crippen LogP) is 4.39. The van der Waals surface area contributed by atoms with Gasteiger partial charge < -0.3 is 30.4 Å². The molecule has 0 spiro atoms. The van der Waals surface area contributed by atoms with Crippen LogP contribution in [0.4, 0.5) is 29.3 Å². The molecule has 2 amide bonds. The molecule has 1 aliphatic carbocycles. The number of halogens is 3. The van der Waals surface area contributed by atoms with E-state index in [2.05, 4.69) is 27.8 Å². The summed E-state index contributed by atoms with van der Waals surface area (Å²) in [6.45, 7) is -1.25. The summed E-state index contributed by atoms with van der Waals surface area (Å²) in [5.41, 5.74) is 0.238. The van der Waals surface area contributed by atoms with Gasteiger partial charge in [0.05, 0.1) is 41.1 Å². The van der Waals surface area contributed by atoms with Crippen LogP contribution in [0.1, 0.15) is 31.4 Å². The number of hydrogen-bond donors (Lipinski definition) is 4. The minimum atomic E-state index is -4.52. The van der Waals surface area contributed by atoms with Crippen molar-refractivity contribution in [3.05, 3.63) is 48.2 Å². The first kappa shape index (κ1) is 33.0. The highest BCUT2D eigenvalue weighted by molar-refractivity contribution is 7.90. The Bertz CT molecular complexity index is 1680. The molecule has 2 aromatic carbocycles. The second kappa shape index (κ2) is 13.0. The van der Waals surface area contributed by atoms with Crippen molar-refractivity contribution < 1.29 is 36.2 Å². The molecule has 3 aromatic rings. The average Bonchev–Trinajstić information content (AvgIpc) is 3.28. The molecule has 44 heavy (non-hydrogen) atoms. The number of nitrogens with zero attached hydrogens (tertiary/aromatic N) is 2. The fraction of sp³-hybridized carbons (Fsp3) is 0.433. The Kier molecular flexibility index (Phi) is 9.72. The molecule has 1 fully saturated rings. The number of rotatable bonds is 8. The minimum Gasteiger partial charge on any atom is -0.495 e. The number of fused-ring (bicyclic) bond motifs is 1. The second-order valence-electron chi connectivity index (χ2n) is 11.0. The molecule has 0 unspecified atom stereocenters. The predicted molar refractivity (Wildman–Crippen MR) is 163 cm³/mol. The number of anilines is 2. The van der Waals surface area contributed by atoms with Crippen LogP contribution >= 0.6 is 0 Å². The van der Waals surface area contributed by atoms with E-state index in [0.717, 1.165) is 10.8 Å². The van der Waals surface area contributed by atoms with Crippen LogP contribution in [0.25, 0.3) is 10.9 Å². The third-order valence-corrected chi connectivity index (χ3v) is 8.78. The molecule has 4 N–H and O–H groups in total. The van der Waals surface area contributed by atoms with E-state index in [-0.39, 0.29) is 34.4 Å². The molecule has 14 heteroatoms. The van der Waals surface area contributed by atoms with Crippen molar-refractivity contribution in [2.45, 2.75) is 55.1 Å². The summed E-state index contributed by atoms with van der Waals surface area (Å²) in [7, 11) is 1.56. The van der Waals surface area contributed by atoms with Gasteiger partial charge in [-0.3, -0.25) is 4.90 Å². The maximum Gasteiger partial charge on any atom is 0.406 e. The standard InChI is InChI=1S/C30H36F3N5O5S/c1-37(2)29(40)14-12-20(13-15-29)35-28(39)36-24-8-5-9-26-23(24)17-21(38(26)19-30(31,32)33)7-6-16-34-25-11-10-22(44(4,41)42)18-27(25)43-3/h5,8-11,17-18,20,34,40H,12-16,19H2,1-4H3,(H2,35,36,39)/t20-,29-. The molecule has 0 atom stereocenters. The largest absolute Gasteiger partial charge is 0.495 e. The fourth-order valence-electron chi connectivity index (χ4n) is 5.18. The number of carbonyl (C=O) groups is 1. The van der Waals surface area contributed by atoms with E-state index in [9.17, 15) is 31.5 Å². The summed E-state index contributed by atoms with van der Waals surface area (Å²) in [6, 6.07) is 9.87. The smallest absolute Gasteiger partial charge is 0.406 e. The van der Waals surface area contributed by atoms with Crippen molar-refractivity contribution in [3.63, 3.8) is 0 Å². The molecule has 0 bridgehead atoms. The Morgan fingerprint density at radius 1 is 1.16 bits per heavy atom.